The maximum absolute atomic E-state index is 13.4. The van der Waals surface area contributed by atoms with E-state index in [2.05, 4.69) is 27.9 Å². The number of alkyl halides is 3. The lowest BCUT2D eigenvalue weighted by molar-refractivity contribution is -0.178. The molecule has 0 radical (unpaired) electrons. The van der Waals surface area contributed by atoms with Crippen molar-refractivity contribution in [3.63, 3.8) is 0 Å². The molecular formula is C23H31F3N4O2. The molecule has 5 atom stereocenters. The van der Waals surface area contributed by atoms with Crippen LogP contribution in [0.15, 0.2) is 24.3 Å². The number of morpholine rings is 1. The molecule has 2 N–H and O–H groups in total. The fourth-order valence-corrected chi connectivity index (χ4v) is 6.23. The number of ether oxygens (including phenoxy) is 1. The number of benzene rings is 1. The van der Waals surface area contributed by atoms with Gasteiger partial charge in [0, 0.05) is 38.3 Å². The van der Waals surface area contributed by atoms with E-state index in [-0.39, 0.29) is 23.8 Å². The Morgan fingerprint density at radius 1 is 1.12 bits per heavy atom. The molecule has 3 heterocycles. The summed E-state index contributed by atoms with van der Waals surface area (Å²) in [5.41, 5.74) is 8.66. The van der Waals surface area contributed by atoms with E-state index in [1.165, 1.54) is 11.1 Å². The normalized spacial score (nSPS) is 33.8. The fraction of sp³-hybridized carbons (Fsp3) is 0.696. The third kappa shape index (κ3) is 4.40. The smallest absolute Gasteiger partial charge is 0.379 e. The van der Waals surface area contributed by atoms with Crippen molar-refractivity contribution in [1.82, 2.24) is 20.7 Å². The summed E-state index contributed by atoms with van der Waals surface area (Å²) in [7, 11) is 0. The molecule has 1 amide bonds. The molecule has 1 saturated carbocycles. The Hall–Kier alpha value is -1.68. The Morgan fingerprint density at radius 2 is 1.91 bits per heavy atom. The van der Waals surface area contributed by atoms with Crippen LogP contribution in [0.25, 0.3) is 0 Å². The minimum atomic E-state index is -4.40. The molecule has 3 aliphatic heterocycles. The van der Waals surface area contributed by atoms with E-state index in [0.29, 0.717) is 13.0 Å². The highest BCUT2D eigenvalue weighted by Gasteiger charge is 2.54. The van der Waals surface area contributed by atoms with Crippen LogP contribution in [0.4, 0.5) is 13.2 Å². The molecule has 5 rings (SSSR count). The van der Waals surface area contributed by atoms with Crippen LogP contribution in [-0.2, 0) is 16.1 Å². The summed E-state index contributed by atoms with van der Waals surface area (Å²) >= 11 is 0. The van der Waals surface area contributed by atoms with Crippen LogP contribution < -0.4 is 10.9 Å². The Morgan fingerprint density at radius 3 is 2.69 bits per heavy atom. The average Bonchev–Trinajstić information content (AvgIpc) is 3.27. The number of hydrogen-bond donors (Lipinski definition) is 2. The van der Waals surface area contributed by atoms with Crippen molar-refractivity contribution in [2.75, 3.05) is 39.4 Å². The van der Waals surface area contributed by atoms with Gasteiger partial charge < -0.3 is 9.64 Å². The second-order valence-electron chi connectivity index (χ2n) is 9.57. The number of nitrogens with one attached hydrogen (secondary N) is 2. The van der Waals surface area contributed by atoms with E-state index >= 15 is 0 Å². The molecular weight excluding hydrogens is 421 g/mol. The zero-order valence-electron chi connectivity index (χ0n) is 18.1. The average molecular weight is 453 g/mol. The molecule has 9 heteroatoms. The first-order valence-corrected chi connectivity index (χ1v) is 11.6. The van der Waals surface area contributed by atoms with Gasteiger partial charge in [0.15, 0.2) is 0 Å². The molecule has 1 aliphatic carbocycles. The first-order chi connectivity index (χ1) is 15.4. The summed E-state index contributed by atoms with van der Waals surface area (Å²) in [6, 6.07) is 7.83. The lowest BCUT2D eigenvalue weighted by atomic mass is 9.67. The Bertz CT molecular complexity index is 830. The van der Waals surface area contributed by atoms with E-state index in [1.807, 2.05) is 12.1 Å². The number of rotatable bonds is 4. The van der Waals surface area contributed by atoms with Gasteiger partial charge in [0.1, 0.15) is 6.54 Å². The van der Waals surface area contributed by atoms with Crippen LogP contribution in [0, 0.1) is 11.8 Å². The van der Waals surface area contributed by atoms with Gasteiger partial charge in [-0.2, -0.15) is 13.2 Å². The molecule has 5 unspecified atom stereocenters. The zero-order chi connectivity index (χ0) is 22.3. The monoisotopic (exact) mass is 452 g/mol. The van der Waals surface area contributed by atoms with E-state index in [9.17, 15) is 18.0 Å². The second kappa shape index (κ2) is 8.93. The summed E-state index contributed by atoms with van der Waals surface area (Å²) in [4.78, 5) is 16.6. The van der Waals surface area contributed by atoms with Crippen molar-refractivity contribution in [1.29, 1.82) is 0 Å². The number of hydrogen-bond acceptors (Lipinski definition) is 5. The van der Waals surface area contributed by atoms with Gasteiger partial charge in [-0.1, -0.05) is 24.3 Å². The van der Waals surface area contributed by atoms with Gasteiger partial charge in [-0.05, 0) is 42.2 Å². The molecule has 4 aliphatic rings. The van der Waals surface area contributed by atoms with Gasteiger partial charge in [0.25, 0.3) is 0 Å². The number of fused-ring (bicyclic) bond motifs is 3. The highest BCUT2D eigenvalue weighted by atomic mass is 19.4. The van der Waals surface area contributed by atoms with Crippen LogP contribution >= 0.6 is 0 Å². The number of carbonyl (C=O) groups excluding carboxylic acids is 1. The predicted molar refractivity (Wildman–Crippen MR) is 113 cm³/mol. The van der Waals surface area contributed by atoms with Gasteiger partial charge in [-0.25, -0.2) is 0 Å². The van der Waals surface area contributed by atoms with Crippen molar-refractivity contribution in [3.8, 4) is 0 Å². The first-order valence-electron chi connectivity index (χ1n) is 11.6. The number of likely N-dealkylation sites (tertiary alicyclic amines) is 1. The van der Waals surface area contributed by atoms with Gasteiger partial charge in [0.2, 0.25) is 5.91 Å². The summed E-state index contributed by atoms with van der Waals surface area (Å²) in [6.45, 7) is 3.30. The van der Waals surface area contributed by atoms with E-state index < -0.39 is 24.7 Å². The minimum Gasteiger partial charge on any atom is -0.379 e. The number of piperidine rings is 1. The van der Waals surface area contributed by atoms with Crippen LogP contribution in [-0.4, -0.2) is 73.4 Å². The van der Waals surface area contributed by atoms with Crippen molar-refractivity contribution in [3.05, 3.63) is 35.4 Å². The van der Waals surface area contributed by atoms with E-state index in [0.717, 1.165) is 50.6 Å². The quantitative estimate of drug-likeness (QED) is 0.734. The molecule has 0 bridgehead atoms. The van der Waals surface area contributed by atoms with Crippen LogP contribution in [0.2, 0.25) is 0 Å². The molecule has 1 aromatic carbocycles. The van der Waals surface area contributed by atoms with Crippen molar-refractivity contribution in [2.45, 2.75) is 50.0 Å². The summed E-state index contributed by atoms with van der Waals surface area (Å²) in [6.07, 6.45) is -2.07. The van der Waals surface area contributed by atoms with Crippen molar-refractivity contribution in [2.24, 2.45) is 11.8 Å². The molecule has 0 spiro atoms. The Kier molecular flexibility index (Phi) is 6.17. The third-order valence-electron chi connectivity index (χ3n) is 7.70. The number of halogens is 3. The van der Waals surface area contributed by atoms with Crippen LogP contribution in [0.3, 0.4) is 0 Å². The Balaban J connectivity index is 1.39. The van der Waals surface area contributed by atoms with Gasteiger partial charge >= 0.3 is 6.18 Å². The van der Waals surface area contributed by atoms with Crippen molar-refractivity contribution < 1.29 is 22.7 Å². The molecule has 1 aromatic rings. The van der Waals surface area contributed by atoms with Gasteiger partial charge in [0.05, 0.1) is 19.1 Å². The maximum Gasteiger partial charge on any atom is 0.406 e. The highest BCUT2D eigenvalue weighted by Crippen LogP contribution is 2.46. The number of hydrazine groups is 1. The summed E-state index contributed by atoms with van der Waals surface area (Å²) < 4.78 is 45.7. The topological polar surface area (TPSA) is 56.8 Å². The molecule has 4 fully saturated rings. The number of nitrogens with zero attached hydrogens (tertiary/aromatic N) is 2. The first kappa shape index (κ1) is 22.1. The minimum absolute atomic E-state index is 0.0395. The maximum atomic E-state index is 13.4. The van der Waals surface area contributed by atoms with Gasteiger partial charge in [-0.3, -0.25) is 20.5 Å². The van der Waals surface area contributed by atoms with Crippen LogP contribution in [0.5, 0.6) is 0 Å². The number of carbonyl (C=O) groups is 1. The third-order valence-corrected chi connectivity index (χ3v) is 7.70. The molecule has 3 saturated heterocycles. The predicted octanol–water partition coefficient (Wildman–Crippen LogP) is 2.27. The van der Waals surface area contributed by atoms with E-state index in [1.54, 1.807) is 0 Å². The van der Waals surface area contributed by atoms with Crippen LogP contribution in [0.1, 0.15) is 36.3 Å². The largest absolute Gasteiger partial charge is 0.406 e. The van der Waals surface area contributed by atoms with Crippen molar-refractivity contribution >= 4 is 5.91 Å². The van der Waals surface area contributed by atoms with Gasteiger partial charge in [-0.15, -0.1) is 0 Å². The summed E-state index contributed by atoms with van der Waals surface area (Å²) in [5.74, 6) is -0.585. The Labute approximate surface area is 186 Å². The highest BCUT2D eigenvalue weighted by molar-refractivity contribution is 5.82. The fourth-order valence-electron chi connectivity index (χ4n) is 6.23. The standard InChI is InChI=1S/C23H31F3N4O2/c24-23(25,26)14-30-20-11-15(5-6-18(20)21-19(22(30)31)12-27-28-21)17-4-2-1-3-16(17)13-29-7-9-32-10-8-29/h1-4,15,18-21,27-28H,5-14H2. The molecule has 0 aromatic heterocycles. The molecule has 32 heavy (non-hydrogen) atoms. The summed E-state index contributed by atoms with van der Waals surface area (Å²) in [5, 5.41) is 0. The number of amides is 1. The molecule has 6 nitrogen and oxygen atoms in total. The lowest BCUT2D eigenvalue weighted by Crippen LogP contribution is -2.63. The van der Waals surface area contributed by atoms with E-state index in [4.69, 9.17) is 4.74 Å². The zero-order valence-corrected chi connectivity index (χ0v) is 18.1. The second-order valence-corrected chi connectivity index (χ2v) is 9.57. The SMILES string of the molecule is O=C1C2CNNC2C2CCC(c3ccccc3CN3CCOCC3)CC2N1CC(F)(F)F. The molecule has 176 valence electrons. The lowest BCUT2D eigenvalue weighted by Gasteiger charge is -2.50.